The summed E-state index contributed by atoms with van der Waals surface area (Å²) in [6.07, 6.45) is -2.78. The van der Waals surface area contributed by atoms with Crippen LogP contribution in [0.25, 0.3) is 0 Å². The maximum absolute atomic E-state index is 10.8. The molecule has 12 heteroatoms. The molecule has 0 spiro atoms. The second kappa shape index (κ2) is 19.6. The average Bonchev–Trinajstić information content (AvgIpc) is 3.22. The van der Waals surface area contributed by atoms with Gasteiger partial charge in [0.25, 0.3) is 0 Å². The number of methoxy groups -OCH3 is 3. The number of benzene rings is 3. The van der Waals surface area contributed by atoms with Crippen molar-refractivity contribution in [2.45, 2.75) is 101 Å². The third-order valence-corrected chi connectivity index (χ3v) is 10.00. The van der Waals surface area contributed by atoms with Crippen LogP contribution in [0.5, 0.6) is 5.75 Å². The Kier molecular flexibility index (Phi) is 14.7. The number of ether oxygens (including phenoxy) is 11. The van der Waals surface area contributed by atoms with Gasteiger partial charge in [0.15, 0.2) is 25.2 Å². The van der Waals surface area contributed by atoms with Crippen LogP contribution in [-0.4, -0.2) is 102 Å². The van der Waals surface area contributed by atoms with Crippen LogP contribution < -0.4 is 4.74 Å². The summed E-state index contributed by atoms with van der Waals surface area (Å²) in [4.78, 5) is 0. The molecule has 0 bridgehead atoms. The lowest BCUT2D eigenvalue weighted by atomic mass is 9.89. The first-order valence-electron chi connectivity index (χ1n) is 18.5. The largest absolute Gasteiger partial charge is 0.497 e. The van der Waals surface area contributed by atoms with Gasteiger partial charge in [0, 0.05) is 37.9 Å². The molecule has 12 nitrogen and oxygen atoms in total. The molecule has 4 aliphatic heterocycles. The summed E-state index contributed by atoms with van der Waals surface area (Å²) in [5.74, 6) is 0.943. The lowest BCUT2D eigenvalue weighted by molar-refractivity contribution is -0.363. The molecule has 3 aromatic rings. The summed E-state index contributed by atoms with van der Waals surface area (Å²) in [6, 6.07) is 27.3. The molecule has 4 heterocycles. The van der Waals surface area contributed by atoms with E-state index in [-0.39, 0.29) is 36.8 Å². The second-order valence-electron chi connectivity index (χ2n) is 13.6. The van der Waals surface area contributed by atoms with Crippen molar-refractivity contribution >= 4 is 0 Å². The van der Waals surface area contributed by atoms with Crippen molar-refractivity contribution in [3.05, 3.63) is 102 Å². The molecule has 1 N–H and O–H groups in total. The summed E-state index contributed by atoms with van der Waals surface area (Å²) in [5.41, 5.74) is 2.89. The molecule has 3 aromatic carbocycles. The highest BCUT2D eigenvalue weighted by atomic mass is 16.8. The van der Waals surface area contributed by atoms with Gasteiger partial charge in [0.05, 0.1) is 33.0 Å². The Hall–Kier alpha value is -2.98. The maximum Gasteiger partial charge on any atom is 0.186 e. The summed E-state index contributed by atoms with van der Waals surface area (Å²) >= 11 is 0. The molecule has 0 amide bonds. The van der Waals surface area contributed by atoms with E-state index in [2.05, 4.69) is 13.8 Å². The predicted octanol–water partition coefficient (Wildman–Crippen LogP) is 5.72. The summed E-state index contributed by atoms with van der Waals surface area (Å²) in [5, 5.41) is 10.8. The molecule has 12 atom stereocenters. The van der Waals surface area contributed by atoms with Crippen molar-refractivity contribution in [1.29, 1.82) is 0 Å². The zero-order chi connectivity index (χ0) is 37.2. The molecule has 4 saturated heterocycles. The number of hydrogen-bond acceptors (Lipinski definition) is 12. The highest BCUT2D eigenvalue weighted by Gasteiger charge is 2.51. The second-order valence-corrected chi connectivity index (χ2v) is 13.6. The highest BCUT2D eigenvalue weighted by Crippen LogP contribution is 2.39. The Balaban J connectivity index is 0.000000185. The fourth-order valence-electron chi connectivity index (χ4n) is 7.02. The number of hydrogen-bond donors (Lipinski definition) is 1. The van der Waals surface area contributed by atoms with E-state index >= 15 is 0 Å². The maximum atomic E-state index is 10.8. The Labute approximate surface area is 312 Å². The van der Waals surface area contributed by atoms with Gasteiger partial charge >= 0.3 is 0 Å². The lowest BCUT2D eigenvalue weighted by Crippen LogP contribution is -2.62. The molecule has 0 radical (unpaired) electrons. The SMILES string of the molecule is CCCCO[C@H]1[C@@H](OC)O[C@@H]2COC(c3ccccc3)O[C@H]2[C@@H]1C.COc1ccc(CO[C@@H]2[C@@H](O)[C@@H](OC)O[C@@H]3COC(c4ccccc4)O[C@@H]23)cc1. The van der Waals surface area contributed by atoms with Crippen LogP contribution in [0.3, 0.4) is 0 Å². The zero-order valence-corrected chi connectivity index (χ0v) is 31.2. The van der Waals surface area contributed by atoms with E-state index < -0.39 is 37.0 Å². The average molecular weight is 739 g/mol. The molecule has 4 fully saturated rings. The lowest BCUT2D eigenvalue weighted by Gasteiger charge is -2.48. The standard InChI is InChI=1S/C22H26O7.C19H28O5/c1-24-16-10-8-14(9-11-16)12-26-20-18(23)22(25-2)28-17-13-27-21(29-19(17)20)15-6-4-3-5-7-15;1-4-5-11-21-17-13(2)16-15(23-19(17)20-3)12-22-18(24-16)14-9-7-6-8-10-14/h3-11,17-23H,12-13H2,1-2H3;6-10,13,15-19H,4-5,11-12H2,1-3H3/t17-,18-,19-,20-,21?,22+;13-,15+,16-,17+,18?,19-/m10/s1. The fraction of sp³-hybridized carbons (Fsp3) is 0.561. The number of aliphatic hydroxyl groups excluding tert-OH is 1. The van der Waals surface area contributed by atoms with Crippen LogP contribution in [-0.2, 0) is 54.0 Å². The quantitative estimate of drug-likeness (QED) is 0.229. The van der Waals surface area contributed by atoms with Gasteiger partial charge in [0.1, 0.15) is 42.4 Å². The molecule has 0 aliphatic carbocycles. The number of unbranched alkanes of at least 4 members (excludes halogenated alkanes) is 1. The number of rotatable bonds is 12. The minimum Gasteiger partial charge on any atom is -0.497 e. The van der Waals surface area contributed by atoms with Gasteiger partial charge in [-0.25, -0.2) is 0 Å². The minimum absolute atomic E-state index is 0.0676. The zero-order valence-electron chi connectivity index (χ0n) is 31.2. The molecule has 290 valence electrons. The van der Waals surface area contributed by atoms with Gasteiger partial charge in [-0.15, -0.1) is 0 Å². The molecular formula is C41H54O12. The van der Waals surface area contributed by atoms with Crippen LogP contribution in [0.1, 0.15) is 56.0 Å². The fourth-order valence-corrected chi connectivity index (χ4v) is 7.02. The van der Waals surface area contributed by atoms with Crippen LogP contribution in [0, 0.1) is 5.92 Å². The molecular weight excluding hydrogens is 684 g/mol. The van der Waals surface area contributed by atoms with Gasteiger partial charge in [-0.2, -0.15) is 0 Å². The number of fused-ring (bicyclic) bond motifs is 2. The van der Waals surface area contributed by atoms with E-state index in [0.29, 0.717) is 26.4 Å². The first-order chi connectivity index (χ1) is 25.9. The normalized spacial score (nSPS) is 33.8. The molecule has 4 aliphatic rings. The molecule has 7 rings (SSSR count). The Bertz CT molecular complexity index is 1480. The van der Waals surface area contributed by atoms with Crippen LogP contribution >= 0.6 is 0 Å². The van der Waals surface area contributed by atoms with Crippen molar-refractivity contribution in [2.75, 3.05) is 41.2 Å². The van der Waals surface area contributed by atoms with Gasteiger partial charge < -0.3 is 57.2 Å². The van der Waals surface area contributed by atoms with Crippen molar-refractivity contribution in [3.63, 3.8) is 0 Å². The summed E-state index contributed by atoms with van der Waals surface area (Å²) < 4.78 is 64.1. The third kappa shape index (κ3) is 9.83. The van der Waals surface area contributed by atoms with Crippen LogP contribution in [0.4, 0.5) is 0 Å². The van der Waals surface area contributed by atoms with E-state index in [4.69, 9.17) is 52.1 Å². The smallest absolute Gasteiger partial charge is 0.186 e. The van der Waals surface area contributed by atoms with Crippen molar-refractivity contribution in [1.82, 2.24) is 0 Å². The van der Waals surface area contributed by atoms with E-state index in [1.807, 2.05) is 84.9 Å². The number of aliphatic hydroxyl groups is 1. The van der Waals surface area contributed by atoms with E-state index in [9.17, 15) is 5.11 Å². The molecule has 53 heavy (non-hydrogen) atoms. The van der Waals surface area contributed by atoms with E-state index in [0.717, 1.165) is 35.3 Å². The van der Waals surface area contributed by atoms with Crippen molar-refractivity contribution < 1.29 is 57.2 Å². The highest BCUT2D eigenvalue weighted by molar-refractivity contribution is 5.26. The molecule has 2 unspecified atom stereocenters. The Morgan fingerprint density at radius 1 is 0.660 bits per heavy atom. The van der Waals surface area contributed by atoms with Gasteiger partial charge in [-0.05, 0) is 24.1 Å². The topological polar surface area (TPSA) is 122 Å². The van der Waals surface area contributed by atoms with Gasteiger partial charge in [-0.1, -0.05) is 93.1 Å². The minimum atomic E-state index is -0.992. The van der Waals surface area contributed by atoms with Crippen LogP contribution in [0.15, 0.2) is 84.9 Å². The predicted molar refractivity (Wildman–Crippen MR) is 193 cm³/mol. The summed E-state index contributed by atoms with van der Waals surface area (Å²) in [6.45, 7) is 6.14. The van der Waals surface area contributed by atoms with Crippen molar-refractivity contribution in [3.8, 4) is 5.75 Å². The third-order valence-electron chi connectivity index (χ3n) is 10.00. The van der Waals surface area contributed by atoms with E-state index in [1.165, 1.54) is 7.11 Å². The van der Waals surface area contributed by atoms with E-state index in [1.54, 1.807) is 14.2 Å². The molecule has 0 aromatic heterocycles. The first kappa shape index (κ1) is 39.7. The van der Waals surface area contributed by atoms with Gasteiger partial charge in [-0.3, -0.25) is 0 Å². The van der Waals surface area contributed by atoms with Crippen molar-refractivity contribution in [2.24, 2.45) is 5.92 Å². The Morgan fingerprint density at radius 2 is 1.23 bits per heavy atom. The van der Waals surface area contributed by atoms with Gasteiger partial charge in [0.2, 0.25) is 0 Å². The first-order valence-corrected chi connectivity index (χ1v) is 18.5. The monoisotopic (exact) mass is 738 g/mol. The molecule has 0 saturated carbocycles. The summed E-state index contributed by atoms with van der Waals surface area (Å²) in [7, 11) is 4.78. The van der Waals surface area contributed by atoms with Crippen LogP contribution in [0.2, 0.25) is 0 Å². The Morgan fingerprint density at radius 3 is 1.79 bits per heavy atom.